The van der Waals surface area contributed by atoms with Gasteiger partial charge >= 0.3 is 0 Å². The Labute approximate surface area is 138 Å². The van der Waals surface area contributed by atoms with E-state index in [4.69, 9.17) is 4.74 Å². The van der Waals surface area contributed by atoms with Crippen LogP contribution in [0.3, 0.4) is 0 Å². The predicted molar refractivity (Wildman–Crippen MR) is 91.9 cm³/mol. The van der Waals surface area contributed by atoms with E-state index in [0.29, 0.717) is 22.7 Å². The standard InChI is InChI=1S/C18H17N3O3/c1-11-7-8-15-19-12(2)16(18(23)21(15)10-11)20-17(22)13-5-4-6-14(9-13)24-3/h4-10H,1-3H3,(H,20,22). The SMILES string of the molecule is COc1cccc(C(=O)Nc2c(C)nc3ccc(C)cn3c2=O)c1. The lowest BCUT2D eigenvalue weighted by atomic mass is 10.2. The minimum absolute atomic E-state index is 0.172. The van der Waals surface area contributed by atoms with Gasteiger partial charge in [0.1, 0.15) is 17.1 Å². The minimum atomic E-state index is -0.386. The van der Waals surface area contributed by atoms with Gasteiger partial charge in [-0.15, -0.1) is 0 Å². The smallest absolute Gasteiger partial charge is 0.281 e. The topological polar surface area (TPSA) is 72.7 Å². The minimum Gasteiger partial charge on any atom is -0.497 e. The molecule has 0 bridgehead atoms. The number of nitrogens with zero attached hydrogens (tertiary/aromatic N) is 2. The average molecular weight is 323 g/mol. The van der Waals surface area contributed by atoms with Gasteiger partial charge in [-0.2, -0.15) is 0 Å². The summed E-state index contributed by atoms with van der Waals surface area (Å²) in [4.78, 5) is 29.5. The van der Waals surface area contributed by atoms with Crippen LogP contribution in [0.15, 0.2) is 47.4 Å². The van der Waals surface area contributed by atoms with Crippen LogP contribution in [0.1, 0.15) is 21.6 Å². The van der Waals surface area contributed by atoms with Crippen molar-refractivity contribution in [2.75, 3.05) is 12.4 Å². The molecular weight excluding hydrogens is 306 g/mol. The van der Waals surface area contributed by atoms with Gasteiger partial charge < -0.3 is 10.1 Å². The third-order valence-electron chi connectivity index (χ3n) is 3.72. The lowest BCUT2D eigenvalue weighted by Crippen LogP contribution is -2.25. The lowest BCUT2D eigenvalue weighted by Gasteiger charge is -2.10. The molecule has 0 saturated carbocycles. The molecule has 1 aromatic carbocycles. The highest BCUT2D eigenvalue weighted by molar-refractivity contribution is 6.04. The number of methoxy groups -OCH3 is 1. The molecule has 24 heavy (non-hydrogen) atoms. The Morgan fingerprint density at radius 2 is 2.00 bits per heavy atom. The molecule has 0 radical (unpaired) electrons. The van der Waals surface area contributed by atoms with Crippen LogP contribution in [-0.2, 0) is 0 Å². The third-order valence-corrected chi connectivity index (χ3v) is 3.72. The van der Waals surface area contributed by atoms with E-state index in [0.717, 1.165) is 5.56 Å². The number of anilines is 1. The van der Waals surface area contributed by atoms with Crippen LogP contribution in [0.4, 0.5) is 5.69 Å². The van der Waals surface area contributed by atoms with Crippen LogP contribution in [-0.4, -0.2) is 22.4 Å². The van der Waals surface area contributed by atoms with Crippen molar-refractivity contribution in [1.29, 1.82) is 0 Å². The fourth-order valence-electron chi connectivity index (χ4n) is 2.45. The molecule has 2 aromatic heterocycles. The van der Waals surface area contributed by atoms with E-state index < -0.39 is 0 Å². The van der Waals surface area contributed by atoms with Crippen LogP contribution in [0.25, 0.3) is 5.65 Å². The summed E-state index contributed by atoms with van der Waals surface area (Å²) < 4.78 is 6.55. The highest BCUT2D eigenvalue weighted by Crippen LogP contribution is 2.15. The summed E-state index contributed by atoms with van der Waals surface area (Å²) in [6.45, 7) is 3.59. The molecule has 3 rings (SSSR count). The largest absolute Gasteiger partial charge is 0.497 e. The van der Waals surface area contributed by atoms with Gasteiger partial charge in [-0.3, -0.25) is 14.0 Å². The van der Waals surface area contributed by atoms with Gasteiger partial charge in [0.2, 0.25) is 0 Å². The van der Waals surface area contributed by atoms with Gasteiger partial charge in [0.25, 0.3) is 11.5 Å². The fraction of sp³-hybridized carbons (Fsp3) is 0.167. The Bertz CT molecular complexity index is 992. The molecule has 0 aliphatic rings. The van der Waals surface area contributed by atoms with Crippen molar-refractivity contribution >= 4 is 17.2 Å². The number of pyridine rings is 1. The molecule has 2 heterocycles. The number of amides is 1. The molecule has 1 N–H and O–H groups in total. The Hall–Kier alpha value is -3.15. The van der Waals surface area contributed by atoms with Gasteiger partial charge in [0.05, 0.1) is 12.8 Å². The van der Waals surface area contributed by atoms with E-state index >= 15 is 0 Å². The quantitative estimate of drug-likeness (QED) is 0.804. The zero-order valence-electron chi connectivity index (χ0n) is 13.7. The molecule has 0 unspecified atom stereocenters. The van der Waals surface area contributed by atoms with Crippen molar-refractivity contribution in [3.05, 3.63) is 69.8 Å². The van der Waals surface area contributed by atoms with Crippen molar-refractivity contribution in [3.63, 3.8) is 0 Å². The summed E-state index contributed by atoms with van der Waals surface area (Å²) >= 11 is 0. The van der Waals surface area contributed by atoms with Crippen molar-refractivity contribution in [2.24, 2.45) is 0 Å². The molecule has 0 fully saturated rings. The molecule has 1 amide bonds. The van der Waals surface area contributed by atoms with Crippen LogP contribution in [0.5, 0.6) is 5.75 Å². The molecule has 6 heteroatoms. The van der Waals surface area contributed by atoms with E-state index in [2.05, 4.69) is 10.3 Å². The average Bonchev–Trinajstić information content (AvgIpc) is 2.59. The lowest BCUT2D eigenvalue weighted by molar-refractivity contribution is 0.102. The van der Waals surface area contributed by atoms with Gasteiger partial charge in [-0.1, -0.05) is 12.1 Å². The summed E-state index contributed by atoms with van der Waals surface area (Å²) in [6.07, 6.45) is 1.70. The Balaban J connectivity index is 2.03. The van der Waals surface area contributed by atoms with Gasteiger partial charge in [-0.25, -0.2) is 4.98 Å². The van der Waals surface area contributed by atoms with Gasteiger partial charge in [-0.05, 0) is 43.7 Å². The summed E-state index contributed by atoms with van der Waals surface area (Å²) in [7, 11) is 1.53. The molecular formula is C18H17N3O3. The van der Waals surface area contributed by atoms with E-state index in [-0.39, 0.29) is 17.2 Å². The summed E-state index contributed by atoms with van der Waals surface area (Å²) in [5.41, 5.74) is 2.22. The van der Waals surface area contributed by atoms with E-state index in [9.17, 15) is 9.59 Å². The maximum absolute atomic E-state index is 12.7. The summed E-state index contributed by atoms with van der Waals surface area (Å²) in [5, 5.41) is 2.67. The second kappa shape index (κ2) is 6.16. The first kappa shape index (κ1) is 15.7. The maximum Gasteiger partial charge on any atom is 0.281 e. The summed E-state index contributed by atoms with van der Waals surface area (Å²) in [6, 6.07) is 10.4. The van der Waals surface area contributed by atoms with Crippen LogP contribution in [0.2, 0.25) is 0 Å². The van der Waals surface area contributed by atoms with E-state index in [1.807, 2.05) is 13.0 Å². The Morgan fingerprint density at radius 3 is 2.75 bits per heavy atom. The third kappa shape index (κ3) is 2.86. The first-order valence-corrected chi connectivity index (χ1v) is 7.44. The number of carbonyl (C=O) groups is 1. The van der Waals surface area contributed by atoms with Crippen LogP contribution in [0, 0.1) is 13.8 Å². The van der Waals surface area contributed by atoms with Crippen molar-refractivity contribution in [3.8, 4) is 5.75 Å². The second-order valence-electron chi connectivity index (χ2n) is 5.50. The number of rotatable bonds is 3. The molecule has 0 saturated heterocycles. The number of carbonyl (C=O) groups excluding carboxylic acids is 1. The number of nitrogens with one attached hydrogen (secondary N) is 1. The number of aromatic nitrogens is 2. The Morgan fingerprint density at radius 1 is 1.21 bits per heavy atom. The molecule has 0 aliphatic carbocycles. The molecule has 3 aromatic rings. The maximum atomic E-state index is 12.7. The number of benzene rings is 1. The van der Waals surface area contributed by atoms with Crippen molar-refractivity contribution in [1.82, 2.24) is 9.38 Å². The normalized spacial score (nSPS) is 10.6. The zero-order chi connectivity index (χ0) is 17.3. The van der Waals surface area contributed by atoms with E-state index in [1.165, 1.54) is 11.5 Å². The van der Waals surface area contributed by atoms with Crippen LogP contribution < -0.4 is 15.6 Å². The molecule has 0 aliphatic heterocycles. The molecule has 0 spiro atoms. The van der Waals surface area contributed by atoms with Crippen molar-refractivity contribution in [2.45, 2.75) is 13.8 Å². The number of ether oxygens (including phenoxy) is 1. The number of fused-ring (bicyclic) bond motifs is 1. The highest BCUT2D eigenvalue weighted by Gasteiger charge is 2.14. The monoisotopic (exact) mass is 323 g/mol. The number of hydrogen-bond acceptors (Lipinski definition) is 4. The predicted octanol–water partition coefficient (Wildman–Crippen LogP) is 2.57. The van der Waals surface area contributed by atoms with Crippen LogP contribution >= 0.6 is 0 Å². The first-order valence-electron chi connectivity index (χ1n) is 7.44. The molecule has 6 nitrogen and oxygen atoms in total. The molecule has 122 valence electrons. The summed E-state index contributed by atoms with van der Waals surface area (Å²) in [5.74, 6) is 0.187. The Kier molecular flexibility index (Phi) is 4.04. The van der Waals surface area contributed by atoms with Crippen molar-refractivity contribution < 1.29 is 9.53 Å². The highest BCUT2D eigenvalue weighted by atomic mass is 16.5. The zero-order valence-corrected chi connectivity index (χ0v) is 13.7. The number of hydrogen-bond donors (Lipinski definition) is 1. The fourth-order valence-corrected chi connectivity index (χ4v) is 2.45. The van der Waals surface area contributed by atoms with Gasteiger partial charge in [0, 0.05) is 11.8 Å². The van der Waals surface area contributed by atoms with Gasteiger partial charge in [0.15, 0.2) is 0 Å². The number of aryl methyl sites for hydroxylation is 2. The van der Waals surface area contributed by atoms with E-state index in [1.54, 1.807) is 43.5 Å². The molecule has 0 atom stereocenters. The second-order valence-corrected chi connectivity index (χ2v) is 5.50. The first-order chi connectivity index (χ1) is 11.5.